The van der Waals surface area contributed by atoms with Gasteiger partial charge in [-0.05, 0) is 48.7 Å². The standard InChI is InChI=1S/C15H13ClN4.C2H6O3S/c1-8-11(9-3-2-4-10(16)7-9)5-6-12-13(8)14(17)20-15(18)19-12;1-2-6(3,4)5/h2-7H,1H3,(H4,17,18,19,20);2H2,1H3,(H,3,4,5). The van der Waals surface area contributed by atoms with Crippen molar-refractivity contribution < 1.29 is 13.0 Å². The molecule has 0 bridgehead atoms. The molecule has 2 aromatic carbocycles. The smallest absolute Gasteiger partial charge is 0.264 e. The summed E-state index contributed by atoms with van der Waals surface area (Å²) in [6.45, 7) is 3.36. The molecule has 0 aliphatic heterocycles. The first-order chi connectivity index (χ1) is 12.1. The highest BCUT2D eigenvalue weighted by Gasteiger charge is 2.11. The molecule has 1 heterocycles. The van der Waals surface area contributed by atoms with Gasteiger partial charge < -0.3 is 11.5 Å². The van der Waals surface area contributed by atoms with Crippen LogP contribution in [-0.2, 0) is 10.1 Å². The fourth-order valence-corrected chi connectivity index (χ4v) is 2.60. The predicted octanol–water partition coefficient (Wildman–Crippen LogP) is 3.32. The van der Waals surface area contributed by atoms with Crippen LogP contribution < -0.4 is 11.5 Å². The van der Waals surface area contributed by atoms with Crippen LogP contribution in [0, 0.1) is 6.92 Å². The number of benzene rings is 2. The number of hydrogen-bond acceptors (Lipinski definition) is 6. The van der Waals surface area contributed by atoms with E-state index < -0.39 is 10.1 Å². The molecule has 0 saturated carbocycles. The highest BCUT2D eigenvalue weighted by atomic mass is 35.5. The van der Waals surface area contributed by atoms with Crippen molar-refractivity contribution in [3.05, 3.63) is 47.0 Å². The van der Waals surface area contributed by atoms with E-state index in [1.165, 1.54) is 6.92 Å². The maximum atomic E-state index is 9.56. The van der Waals surface area contributed by atoms with Crippen LogP contribution in [0.2, 0.25) is 5.02 Å². The number of nitrogen functional groups attached to an aromatic ring is 2. The second-order valence-corrected chi connectivity index (χ2v) is 7.66. The first-order valence-corrected chi connectivity index (χ1v) is 9.64. The Balaban J connectivity index is 0.000000352. The molecule has 0 amide bonds. The molecule has 9 heteroatoms. The molecule has 5 N–H and O–H groups in total. The van der Waals surface area contributed by atoms with E-state index in [1.807, 2.05) is 43.3 Å². The third-order valence-electron chi connectivity index (χ3n) is 3.67. The van der Waals surface area contributed by atoms with Gasteiger partial charge in [0.25, 0.3) is 10.1 Å². The normalized spacial score (nSPS) is 11.1. The Morgan fingerprint density at radius 2 is 1.81 bits per heavy atom. The molecule has 0 radical (unpaired) electrons. The van der Waals surface area contributed by atoms with Crippen LogP contribution in [0.4, 0.5) is 11.8 Å². The van der Waals surface area contributed by atoms with Crippen LogP contribution in [0.1, 0.15) is 12.5 Å². The van der Waals surface area contributed by atoms with E-state index in [1.54, 1.807) is 0 Å². The molecule has 0 saturated heterocycles. The zero-order valence-corrected chi connectivity index (χ0v) is 15.8. The lowest BCUT2D eigenvalue weighted by atomic mass is 9.97. The summed E-state index contributed by atoms with van der Waals surface area (Å²) >= 11 is 6.05. The minimum atomic E-state index is -3.66. The monoisotopic (exact) mass is 394 g/mol. The van der Waals surface area contributed by atoms with Gasteiger partial charge in [0.15, 0.2) is 0 Å². The Labute approximate surface area is 156 Å². The second kappa shape index (κ2) is 7.86. The molecule has 0 aliphatic rings. The molecule has 0 spiro atoms. The van der Waals surface area contributed by atoms with E-state index in [-0.39, 0.29) is 11.7 Å². The Morgan fingerprint density at radius 3 is 2.38 bits per heavy atom. The highest BCUT2D eigenvalue weighted by molar-refractivity contribution is 7.85. The lowest BCUT2D eigenvalue weighted by Crippen LogP contribution is -2.02. The molecule has 0 aliphatic carbocycles. The number of anilines is 2. The summed E-state index contributed by atoms with van der Waals surface area (Å²) in [5.41, 5.74) is 15.5. The van der Waals surface area contributed by atoms with Crippen LogP contribution in [0.3, 0.4) is 0 Å². The fraction of sp³-hybridized carbons (Fsp3) is 0.176. The van der Waals surface area contributed by atoms with Crippen molar-refractivity contribution in [2.75, 3.05) is 17.2 Å². The Bertz CT molecular complexity index is 1060. The summed E-state index contributed by atoms with van der Waals surface area (Å²) < 4.78 is 26.9. The van der Waals surface area contributed by atoms with E-state index >= 15 is 0 Å². The molecule has 26 heavy (non-hydrogen) atoms. The topological polar surface area (TPSA) is 132 Å². The van der Waals surface area contributed by atoms with Gasteiger partial charge in [-0.2, -0.15) is 13.4 Å². The van der Waals surface area contributed by atoms with Gasteiger partial charge in [0.05, 0.1) is 11.3 Å². The van der Waals surface area contributed by atoms with Crippen LogP contribution >= 0.6 is 11.6 Å². The lowest BCUT2D eigenvalue weighted by molar-refractivity contribution is 0.484. The molecule has 3 rings (SSSR count). The van der Waals surface area contributed by atoms with Crippen LogP contribution in [0.25, 0.3) is 22.0 Å². The number of aromatic nitrogens is 2. The van der Waals surface area contributed by atoms with Gasteiger partial charge in [-0.15, -0.1) is 0 Å². The molecular weight excluding hydrogens is 376 g/mol. The highest BCUT2D eigenvalue weighted by Crippen LogP contribution is 2.32. The third-order valence-corrected chi connectivity index (χ3v) is 4.63. The van der Waals surface area contributed by atoms with Crippen LogP contribution in [-0.4, -0.2) is 28.7 Å². The summed E-state index contributed by atoms with van der Waals surface area (Å²) in [7, 11) is -3.66. The van der Waals surface area contributed by atoms with Crippen molar-refractivity contribution in [2.24, 2.45) is 0 Å². The maximum absolute atomic E-state index is 9.56. The van der Waals surface area contributed by atoms with Gasteiger partial charge in [0, 0.05) is 10.4 Å². The van der Waals surface area contributed by atoms with Gasteiger partial charge in [-0.3, -0.25) is 4.55 Å². The van der Waals surface area contributed by atoms with Crippen LogP contribution in [0.15, 0.2) is 36.4 Å². The summed E-state index contributed by atoms with van der Waals surface area (Å²) in [5.74, 6) is 0.381. The van der Waals surface area contributed by atoms with Gasteiger partial charge in [0.1, 0.15) is 5.82 Å². The Hall–Kier alpha value is -2.42. The van der Waals surface area contributed by atoms with Crippen molar-refractivity contribution in [3.8, 4) is 11.1 Å². The molecule has 138 valence electrons. The second-order valence-electron chi connectivity index (χ2n) is 5.48. The van der Waals surface area contributed by atoms with Gasteiger partial charge in [-0.1, -0.05) is 29.8 Å². The number of fused-ring (bicyclic) bond motifs is 1. The summed E-state index contributed by atoms with van der Waals surface area (Å²) in [4.78, 5) is 8.24. The maximum Gasteiger partial charge on any atom is 0.264 e. The quantitative estimate of drug-likeness (QED) is 0.568. The SMILES string of the molecule is CCS(=O)(=O)O.Cc1c(-c2cccc(Cl)c2)ccc2nc(N)nc(N)c12. The first-order valence-electron chi connectivity index (χ1n) is 7.65. The summed E-state index contributed by atoms with van der Waals surface area (Å²) in [6.07, 6.45) is 0. The number of halogens is 1. The molecule has 0 fully saturated rings. The molecule has 1 aromatic heterocycles. The molecule has 0 atom stereocenters. The predicted molar refractivity (Wildman–Crippen MR) is 106 cm³/mol. The first kappa shape index (κ1) is 19.9. The lowest BCUT2D eigenvalue weighted by Gasteiger charge is -2.11. The zero-order valence-electron chi connectivity index (χ0n) is 14.3. The van der Waals surface area contributed by atoms with Crippen molar-refractivity contribution in [1.29, 1.82) is 0 Å². The van der Waals surface area contributed by atoms with Gasteiger partial charge in [-0.25, -0.2) is 4.98 Å². The van der Waals surface area contributed by atoms with Gasteiger partial charge >= 0.3 is 0 Å². The van der Waals surface area contributed by atoms with E-state index in [9.17, 15) is 8.42 Å². The average Bonchev–Trinajstić information content (AvgIpc) is 2.54. The Morgan fingerprint density at radius 1 is 1.15 bits per heavy atom. The van der Waals surface area contributed by atoms with E-state index in [2.05, 4.69) is 9.97 Å². The minimum Gasteiger partial charge on any atom is -0.383 e. The number of nitrogens with two attached hydrogens (primary N) is 2. The van der Waals surface area contributed by atoms with Crippen molar-refractivity contribution >= 4 is 44.4 Å². The average molecular weight is 395 g/mol. The number of nitrogens with zero attached hydrogens (tertiary/aromatic N) is 2. The summed E-state index contributed by atoms with van der Waals surface area (Å²) in [5, 5.41) is 1.53. The van der Waals surface area contributed by atoms with E-state index in [0.717, 1.165) is 27.6 Å². The van der Waals surface area contributed by atoms with Crippen LogP contribution in [0.5, 0.6) is 0 Å². The van der Waals surface area contributed by atoms with Crippen molar-refractivity contribution in [3.63, 3.8) is 0 Å². The zero-order chi connectivity index (χ0) is 19.5. The van der Waals surface area contributed by atoms with Gasteiger partial charge in [0.2, 0.25) is 5.95 Å². The number of rotatable bonds is 2. The molecule has 7 nitrogen and oxygen atoms in total. The molecular formula is C17H19ClN4O3S. The number of aryl methyl sites for hydroxylation is 1. The Kier molecular flexibility index (Phi) is 6.01. The molecule has 0 unspecified atom stereocenters. The largest absolute Gasteiger partial charge is 0.383 e. The van der Waals surface area contributed by atoms with E-state index in [0.29, 0.717) is 10.8 Å². The fourth-order valence-electron chi connectivity index (χ4n) is 2.41. The van der Waals surface area contributed by atoms with Crippen molar-refractivity contribution in [1.82, 2.24) is 9.97 Å². The minimum absolute atomic E-state index is 0.185. The van der Waals surface area contributed by atoms with Crippen molar-refractivity contribution in [2.45, 2.75) is 13.8 Å². The third kappa shape index (κ3) is 4.81. The van der Waals surface area contributed by atoms with E-state index in [4.69, 9.17) is 27.6 Å². The summed E-state index contributed by atoms with van der Waals surface area (Å²) in [6, 6.07) is 11.6. The number of hydrogen-bond donors (Lipinski definition) is 3. The molecule has 3 aromatic rings.